The first-order chi connectivity index (χ1) is 17.7. The Kier molecular flexibility index (Phi) is 7.15. The Labute approximate surface area is 225 Å². The van der Waals surface area contributed by atoms with Gasteiger partial charge in [-0.1, -0.05) is 41.9 Å². The predicted octanol–water partition coefficient (Wildman–Crippen LogP) is 6.67. The number of amides is 1. The third-order valence-electron chi connectivity index (χ3n) is 7.81. The highest BCUT2D eigenvalue weighted by Crippen LogP contribution is 2.36. The summed E-state index contributed by atoms with van der Waals surface area (Å²) in [4.78, 5) is 18.6. The lowest BCUT2D eigenvalue weighted by Gasteiger charge is -2.36. The Balaban J connectivity index is 0.942. The summed E-state index contributed by atoms with van der Waals surface area (Å²) in [5.74, 6) is 1.90. The number of fused-ring (bicyclic) bond motifs is 2. The van der Waals surface area contributed by atoms with Crippen LogP contribution in [0.3, 0.4) is 0 Å². The van der Waals surface area contributed by atoms with Gasteiger partial charge in [-0.25, -0.2) is 0 Å². The number of carbonyl (C=O) groups is 1. The smallest absolute Gasteiger partial charge is 0.263 e. The van der Waals surface area contributed by atoms with Crippen LogP contribution >= 0.6 is 34.5 Å². The highest BCUT2D eigenvalue weighted by Gasteiger charge is 2.26. The second kappa shape index (κ2) is 10.7. The fourth-order valence-electron chi connectivity index (χ4n) is 5.66. The average Bonchev–Trinajstić information content (AvgIpc) is 3.50. The van der Waals surface area contributed by atoms with Gasteiger partial charge in [0.1, 0.15) is 10.7 Å². The molecule has 2 aromatic heterocycles. The first-order valence-electron chi connectivity index (χ1n) is 13.0. The van der Waals surface area contributed by atoms with Crippen LogP contribution in [0.25, 0.3) is 20.2 Å². The number of hydrogen-bond acceptors (Lipinski definition) is 6. The molecule has 2 fully saturated rings. The molecule has 1 aliphatic carbocycles. The van der Waals surface area contributed by atoms with Crippen LogP contribution in [0, 0.1) is 5.92 Å². The minimum Gasteiger partial charge on any atom is -0.353 e. The molecule has 1 aliphatic heterocycles. The Hall–Kier alpha value is -2.19. The summed E-state index contributed by atoms with van der Waals surface area (Å²) in [7, 11) is 0. The Morgan fingerprint density at radius 1 is 0.944 bits per heavy atom. The number of benzene rings is 2. The lowest BCUT2D eigenvalue weighted by molar-refractivity contribution is 0.0924. The van der Waals surface area contributed by atoms with Crippen molar-refractivity contribution >= 4 is 66.4 Å². The third kappa shape index (κ3) is 4.99. The van der Waals surface area contributed by atoms with Crippen molar-refractivity contribution in [3.63, 3.8) is 0 Å². The summed E-state index contributed by atoms with van der Waals surface area (Å²) < 4.78 is 7.08. The van der Waals surface area contributed by atoms with Crippen LogP contribution in [-0.2, 0) is 0 Å². The van der Waals surface area contributed by atoms with Crippen LogP contribution in [0.1, 0.15) is 41.8 Å². The minimum atomic E-state index is -0.0181. The van der Waals surface area contributed by atoms with E-state index >= 15 is 0 Å². The fraction of sp³-hybridized carbons (Fsp3) is 0.429. The molecule has 0 radical (unpaired) electrons. The molecule has 6 rings (SSSR count). The molecular formula is C28H31ClN4OS2. The van der Waals surface area contributed by atoms with Crippen molar-refractivity contribution in [2.24, 2.45) is 5.92 Å². The van der Waals surface area contributed by atoms with Gasteiger partial charge in [-0.05, 0) is 74.3 Å². The maximum atomic E-state index is 12.9. The lowest BCUT2D eigenvalue weighted by atomic mass is 9.84. The zero-order chi connectivity index (χ0) is 24.5. The fourth-order valence-corrected chi connectivity index (χ4v) is 7.87. The summed E-state index contributed by atoms with van der Waals surface area (Å²) in [5, 5.41) is 6.11. The topological polar surface area (TPSA) is 48.5 Å². The van der Waals surface area contributed by atoms with Crippen LogP contribution in [0.5, 0.6) is 0 Å². The highest BCUT2D eigenvalue weighted by atomic mass is 35.5. The van der Waals surface area contributed by atoms with E-state index in [4.69, 9.17) is 16.0 Å². The second-order valence-electron chi connectivity index (χ2n) is 10.1. The summed E-state index contributed by atoms with van der Waals surface area (Å²) in [6, 6.07) is 16.8. The SMILES string of the molecule is O=C(NC1CCC(CCN2CCN(c3nsc4ccccc34)CC2)CC1)c1sc2ccccc2c1Cl. The molecule has 8 heteroatoms. The van der Waals surface area contributed by atoms with E-state index in [-0.39, 0.29) is 11.9 Å². The summed E-state index contributed by atoms with van der Waals surface area (Å²) >= 11 is 9.60. The zero-order valence-corrected chi connectivity index (χ0v) is 22.7. The molecule has 2 aromatic carbocycles. The van der Waals surface area contributed by atoms with Gasteiger partial charge < -0.3 is 10.2 Å². The van der Waals surface area contributed by atoms with E-state index in [0.29, 0.717) is 9.90 Å². The van der Waals surface area contributed by atoms with Crippen molar-refractivity contribution in [2.45, 2.75) is 38.1 Å². The summed E-state index contributed by atoms with van der Waals surface area (Å²) in [6.07, 6.45) is 5.75. The number of nitrogens with one attached hydrogen (secondary N) is 1. The van der Waals surface area contributed by atoms with Crippen LogP contribution in [0.2, 0.25) is 5.02 Å². The molecule has 4 aromatic rings. The normalized spacial score (nSPS) is 21.3. The molecule has 1 amide bonds. The third-order valence-corrected chi connectivity index (χ3v) is 10.3. The molecule has 1 saturated heterocycles. The number of piperazine rings is 1. The Morgan fingerprint density at radius 3 is 2.39 bits per heavy atom. The van der Waals surface area contributed by atoms with Gasteiger partial charge in [0.15, 0.2) is 0 Å². The van der Waals surface area contributed by atoms with E-state index in [2.05, 4.69) is 39.4 Å². The largest absolute Gasteiger partial charge is 0.353 e. The van der Waals surface area contributed by atoms with Gasteiger partial charge in [0, 0.05) is 47.7 Å². The van der Waals surface area contributed by atoms with Gasteiger partial charge in [-0.15, -0.1) is 11.3 Å². The quantitative estimate of drug-likeness (QED) is 0.298. The van der Waals surface area contributed by atoms with Gasteiger partial charge in [0.25, 0.3) is 5.91 Å². The number of nitrogens with zero attached hydrogens (tertiary/aromatic N) is 3. The van der Waals surface area contributed by atoms with E-state index in [1.807, 2.05) is 24.3 Å². The first-order valence-corrected chi connectivity index (χ1v) is 14.9. The Morgan fingerprint density at radius 2 is 1.64 bits per heavy atom. The molecule has 0 bridgehead atoms. The number of aromatic nitrogens is 1. The van der Waals surface area contributed by atoms with Gasteiger partial charge in [-0.3, -0.25) is 9.69 Å². The maximum absolute atomic E-state index is 12.9. The zero-order valence-electron chi connectivity index (χ0n) is 20.3. The van der Waals surface area contributed by atoms with Gasteiger partial charge in [0.2, 0.25) is 0 Å². The van der Waals surface area contributed by atoms with Crippen molar-refractivity contribution in [1.82, 2.24) is 14.6 Å². The van der Waals surface area contributed by atoms with Crippen molar-refractivity contribution in [2.75, 3.05) is 37.6 Å². The molecule has 2 aliphatic rings. The average molecular weight is 539 g/mol. The van der Waals surface area contributed by atoms with Gasteiger partial charge >= 0.3 is 0 Å². The molecule has 3 heterocycles. The van der Waals surface area contributed by atoms with Crippen molar-refractivity contribution in [1.29, 1.82) is 0 Å². The molecule has 0 unspecified atom stereocenters. The molecule has 5 nitrogen and oxygen atoms in total. The summed E-state index contributed by atoms with van der Waals surface area (Å²) in [6.45, 7) is 5.48. The maximum Gasteiger partial charge on any atom is 0.263 e. The van der Waals surface area contributed by atoms with Crippen molar-refractivity contribution < 1.29 is 4.79 Å². The molecular weight excluding hydrogens is 508 g/mol. The second-order valence-corrected chi connectivity index (χ2v) is 12.3. The standard InChI is InChI=1S/C28H31ClN4OS2/c29-25-21-5-1-3-7-23(21)35-26(25)28(34)30-20-11-9-19(10-12-20)13-14-32-15-17-33(18-16-32)27-22-6-2-4-8-24(22)36-31-27/h1-8,19-20H,9-18H2,(H,30,34). The number of hydrogen-bond donors (Lipinski definition) is 1. The van der Waals surface area contributed by atoms with Crippen molar-refractivity contribution in [3.05, 3.63) is 58.4 Å². The van der Waals surface area contributed by atoms with Crippen LogP contribution in [-0.4, -0.2) is 53.9 Å². The predicted molar refractivity (Wildman–Crippen MR) is 153 cm³/mol. The van der Waals surface area contributed by atoms with Crippen LogP contribution < -0.4 is 10.2 Å². The molecule has 188 valence electrons. The number of rotatable bonds is 6. The molecule has 36 heavy (non-hydrogen) atoms. The van der Waals surface area contributed by atoms with Crippen LogP contribution in [0.15, 0.2) is 48.5 Å². The van der Waals surface area contributed by atoms with Crippen LogP contribution in [0.4, 0.5) is 5.82 Å². The number of halogens is 1. The first kappa shape index (κ1) is 24.2. The van der Waals surface area contributed by atoms with Crippen molar-refractivity contribution in [3.8, 4) is 0 Å². The van der Waals surface area contributed by atoms with Gasteiger partial charge in [-0.2, -0.15) is 4.37 Å². The van der Waals surface area contributed by atoms with E-state index in [9.17, 15) is 4.79 Å². The Bertz CT molecular complexity index is 1350. The monoisotopic (exact) mass is 538 g/mol. The number of carbonyl (C=O) groups excluding carboxylic acids is 1. The molecule has 1 saturated carbocycles. The summed E-state index contributed by atoms with van der Waals surface area (Å²) in [5.41, 5.74) is 0. The molecule has 1 N–H and O–H groups in total. The number of anilines is 1. The van der Waals surface area contributed by atoms with E-state index in [1.54, 1.807) is 11.5 Å². The lowest BCUT2D eigenvalue weighted by Crippen LogP contribution is -2.47. The van der Waals surface area contributed by atoms with Gasteiger partial charge in [0.05, 0.1) is 9.72 Å². The molecule has 0 atom stereocenters. The number of thiophene rings is 1. The highest BCUT2D eigenvalue weighted by molar-refractivity contribution is 7.21. The minimum absolute atomic E-state index is 0.0181. The van der Waals surface area contributed by atoms with E-state index in [0.717, 1.165) is 60.8 Å². The van der Waals surface area contributed by atoms with E-state index < -0.39 is 0 Å². The van der Waals surface area contributed by atoms with E-state index in [1.165, 1.54) is 47.2 Å². The molecule has 0 spiro atoms.